The van der Waals surface area contributed by atoms with E-state index < -0.39 is 0 Å². The van der Waals surface area contributed by atoms with Gasteiger partial charge in [0.15, 0.2) is 0 Å². The van der Waals surface area contributed by atoms with E-state index in [1.165, 1.54) is 18.6 Å². The first-order valence-electron chi connectivity index (χ1n) is 6.51. The Hall–Kier alpha value is -1.13. The second kappa shape index (κ2) is 8.89. The quantitative estimate of drug-likeness (QED) is 0.681. The molecule has 0 saturated carbocycles. The number of benzene rings is 1. The van der Waals surface area contributed by atoms with Crippen LogP contribution in [0.1, 0.15) is 20.3 Å². The molecule has 1 aromatic carbocycles. The first kappa shape index (κ1) is 14.9. The number of ether oxygens (including phenoxy) is 2. The number of rotatable bonds is 9. The fraction of sp³-hybridized carbons (Fsp3) is 0.571. The normalized spacial score (nSPS) is 12.4. The van der Waals surface area contributed by atoms with Gasteiger partial charge in [0, 0.05) is 0 Å². The van der Waals surface area contributed by atoms with Crippen molar-refractivity contribution in [3.8, 4) is 5.75 Å². The molecule has 0 saturated heterocycles. The Kier molecular flexibility index (Phi) is 7.37. The van der Waals surface area contributed by atoms with Crippen LogP contribution in [0, 0.1) is 5.82 Å². The van der Waals surface area contributed by atoms with Gasteiger partial charge in [0.1, 0.15) is 18.2 Å². The Labute approximate surface area is 108 Å². The van der Waals surface area contributed by atoms with Crippen molar-refractivity contribution >= 4 is 0 Å². The molecule has 0 radical (unpaired) electrons. The van der Waals surface area contributed by atoms with E-state index in [1.807, 2.05) is 0 Å². The van der Waals surface area contributed by atoms with E-state index in [4.69, 9.17) is 9.47 Å². The summed E-state index contributed by atoms with van der Waals surface area (Å²) in [5.41, 5.74) is 0. The Morgan fingerprint density at radius 3 is 2.56 bits per heavy atom. The second-order valence-electron chi connectivity index (χ2n) is 4.32. The zero-order valence-electron chi connectivity index (χ0n) is 11.2. The highest BCUT2D eigenvalue weighted by Crippen LogP contribution is 2.10. The largest absolute Gasteiger partial charge is 0.491 e. The molecule has 102 valence electrons. The maximum absolute atomic E-state index is 12.6. The average molecular weight is 256 g/mol. The van der Waals surface area contributed by atoms with Gasteiger partial charge in [-0.3, -0.25) is 0 Å². The minimum atomic E-state index is -0.251. The number of halogens is 1. The topological polar surface area (TPSA) is 35.1 Å². The molecule has 3 nitrogen and oxygen atoms in total. The third-order valence-corrected chi connectivity index (χ3v) is 2.79. The van der Waals surface area contributed by atoms with Crippen molar-refractivity contribution < 1.29 is 19.2 Å². The summed E-state index contributed by atoms with van der Waals surface area (Å²) >= 11 is 0. The minimum absolute atomic E-state index is 0.251. The number of hydrogen-bond acceptors (Lipinski definition) is 2. The van der Waals surface area contributed by atoms with Crippen molar-refractivity contribution in [2.45, 2.75) is 26.3 Å². The summed E-state index contributed by atoms with van der Waals surface area (Å²) in [6.45, 7) is 7.15. The number of quaternary nitrogens is 1. The molecule has 1 atom stereocenters. The molecule has 0 unspecified atom stereocenters. The summed E-state index contributed by atoms with van der Waals surface area (Å²) in [5, 5.41) is 2.28. The van der Waals surface area contributed by atoms with Gasteiger partial charge in [-0.05, 0) is 37.6 Å². The van der Waals surface area contributed by atoms with Gasteiger partial charge >= 0.3 is 0 Å². The first-order valence-corrected chi connectivity index (χ1v) is 6.51. The SMILES string of the molecule is CC[C@H](C)[NH2+]CCOCCOc1ccc(F)cc1. The van der Waals surface area contributed by atoms with E-state index in [9.17, 15) is 4.39 Å². The van der Waals surface area contributed by atoms with E-state index in [2.05, 4.69) is 19.2 Å². The van der Waals surface area contributed by atoms with Gasteiger partial charge in [0.05, 0.1) is 25.8 Å². The minimum Gasteiger partial charge on any atom is -0.491 e. The van der Waals surface area contributed by atoms with Gasteiger partial charge < -0.3 is 14.8 Å². The summed E-state index contributed by atoms with van der Waals surface area (Å²) in [7, 11) is 0. The Morgan fingerprint density at radius 2 is 1.89 bits per heavy atom. The third-order valence-electron chi connectivity index (χ3n) is 2.79. The van der Waals surface area contributed by atoms with Crippen LogP contribution >= 0.6 is 0 Å². The molecule has 1 rings (SSSR count). The molecule has 0 bridgehead atoms. The van der Waals surface area contributed by atoms with Gasteiger partial charge in [0.2, 0.25) is 0 Å². The molecule has 2 N–H and O–H groups in total. The van der Waals surface area contributed by atoms with Crippen LogP contribution in [0.15, 0.2) is 24.3 Å². The Balaban J connectivity index is 1.97. The predicted molar refractivity (Wildman–Crippen MR) is 69.3 cm³/mol. The van der Waals surface area contributed by atoms with Crippen molar-refractivity contribution in [1.29, 1.82) is 0 Å². The van der Waals surface area contributed by atoms with E-state index in [1.54, 1.807) is 12.1 Å². The lowest BCUT2D eigenvalue weighted by atomic mass is 10.3. The van der Waals surface area contributed by atoms with Crippen molar-refractivity contribution in [2.24, 2.45) is 0 Å². The van der Waals surface area contributed by atoms with E-state index >= 15 is 0 Å². The van der Waals surface area contributed by atoms with Crippen molar-refractivity contribution in [3.05, 3.63) is 30.1 Å². The number of hydrogen-bond donors (Lipinski definition) is 1. The zero-order valence-corrected chi connectivity index (χ0v) is 11.2. The molecule has 0 heterocycles. The summed E-state index contributed by atoms with van der Waals surface area (Å²) < 4.78 is 23.5. The van der Waals surface area contributed by atoms with Crippen molar-refractivity contribution in [2.75, 3.05) is 26.4 Å². The lowest BCUT2D eigenvalue weighted by Gasteiger charge is -2.09. The molecule has 0 fully saturated rings. The summed E-state index contributed by atoms with van der Waals surface area (Å²) in [4.78, 5) is 0. The molecule has 1 aromatic rings. The smallest absolute Gasteiger partial charge is 0.123 e. The van der Waals surface area contributed by atoms with E-state index in [-0.39, 0.29) is 5.82 Å². The van der Waals surface area contributed by atoms with Crippen LogP contribution in [-0.4, -0.2) is 32.4 Å². The second-order valence-corrected chi connectivity index (χ2v) is 4.32. The van der Waals surface area contributed by atoms with Crippen molar-refractivity contribution in [1.82, 2.24) is 0 Å². The third kappa shape index (κ3) is 6.57. The highest BCUT2D eigenvalue weighted by atomic mass is 19.1. The average Bonchev–Trinajstić information content (AvgIpc) is 2.39. The van der Waals surface area contributed by atoms with Crippen LogP contribution in [-0.2, 0) is 4.74 Å². The van der Waals surface area contributed by atoms with Crippen LogP contribution in [0.25, 0.3) is 0 Å². The lowest BCUT2D eigenvalue weighted by Crippen LogP contribution is -2.90. The fourth-order valence-corrected chi connectivity index (χ4v) is 1.45. The summed E-state index contributed by atoms with van der Waals surface area (Å²) in [6.07, 6.45) is 1.17. The van der Waals surface area contributed by atoms with Gasteiger partial charge in [-0.1, -0.05) is 6.92 Å². The van der Waals surface area contributed by atoms with E-state index in [0.29, 0.717) is 25.0 Å². The molecule has 0 spiro atoms. The van der Waals surface area contributed by atoms with Gasteiger partial charge in [-0.2, -0.15) is 0 Å². The molecule has 0 aliphatic rings. The monoisotopic (exact) mass is 256 g/mol. The molecular weight excluding hydrogens is 233 g/mol. The van der Waals surface area contributed by atoms with Crippen LogP contribution < -0.4 is 10.1 Å². The number of nitrogens with two attached hydrogens (primary N) is 1. The van der Waals surface area contributed by atoms with Crippen molar-refractivity contribution in [3.63, 3.8) is 0 Å². The molecule has 0 aromatic heterocycles. The standard InChI is InChI=1S/C14H22FNO2/c1-3-12(2)16-8-9-17-10-11-18-14-6-4-13(15)5-7-14/h4-7,12,16H,3,8-11H2,1-2H3/p+1/t12-/m0/s1. The zero-order chi connectivity index (χ0) is 13.2. The van der Waals surface area contributed by atoms with Gasteiger partial charge in [-0.25, -0.2) is 4.39 Å². The van der Waals surface area contributed by atoms with Crippen LogP contribution in [0.2, 0.25) is 0 Å². The highest BCUT2D eigenvalue weighted by molar-refractivity contribution is 5.21. The predicted octanol–water partition coefficient (Wildman–Crippen LogP) is 1.58. The lowest BCUT2D eigenvalue weighted by molar-refractivity contribution is -0.687. The Bertz CT molecular complexity index is 316. The molecule has 0 amide bonds. The fourth-order valence-electron chi connectivity index (χ4n) is 1.45. The van der Waals surface area contributed by atoms with Crippen LogP contribution in [0.3, 0.4) is 0 Å². The van der Waals surface area contributed by atoms with Crippen LogP contribution in [0.5, 0.6) is 5.75 Å². The molecule has 4 heteroatoms. The maximum atomic E-state index is 12.6. The van der Waals surface area contributed by atoms with Crippen LogP contribution in [0.4, 0.5) is 4.39 Å². The summed E-state index contributed by atoms with van der Waals surface area (Å²) in [6, 6.07) is 6.66. The highest BCUT2D eigenvalue weighted by Gasteiger charge is 2.00. The maximum Gasteiger partial charge on any atom is 0.123 e. The molecular formula is C14H23FNO2+. The molecule has 18 heavy (non-hydrogen) atoms. The molecule has 0 aliphatic carbocycles. The van der Waals surface area contributed by atoms with Gasteiger partial charge in [-0.15, -0.1) is 0 Å². The van der Waals surface area contributed by atoms with E-state index in [0.717, 1.165) is 13.2 Å². The Morgan fingerprint density at radius 1 is 1.17 bits per heavy atom. The molecule has 0 aliphatic heterocycles. The van der Waals surface area contributed by atoms with Gasteiger partial charge in [0.25, 0.3) is 0 Å². The first-order chi connectivity index (χ1) is 8.72. The summed E-state index contributed by atoms with van der Waals surface area (Å²) in [5.74, 6) is 0.422.